The zero-order valence-electron chi connectivity index (χ0n) is 5.04. The SMILES string of the molecule is O=C(O)COS(=O)(=O)O.OO. The molecule has 0 aromatic carbocycles. The second-order valence-corrected chi connectivity index (χ2v) is 2.17. The van der Waals surface area contributed by atoms with Crippen LogP contribution in [0.15, 0.2) is 0 Å². The highest BCUT2D eigenvalue weighted by atomic mass is 32.3. The molecule has 68 valence electrons. The normalized spacial score (nSPS) is 9.73. The van der Waals surface area contributed by atoms with Gasteiger partial charge in [0.05, 0.1) is 0 Å². The summed E-state index contributed by atoms with van der Waals surface area (Å²) < 4.78 is 30.4. The Hall–Kier alpha value is -0.740. The van der Waals surface area contributed by atoms with E-state index in [-0.39, 0.29) is 0 Å². The van der Waals surface area contributed by atoms with E-state index in [4.69, 9.17) is 20.2 Å². The summed E-state index contributed by atoms with van der Waals surface area (Å²) in [6.07, 6.45) is 0. The fourth-order valence-electron chi connectivity index (χ4n) is 0.125. The van der Waals surface area contributed by atoms with Gasteiger partial charge in [-0.2, -0.15) is 8.42 Å². The van der Waals surface area contributed by atoms with Crippen LogP contribution in [0.3, 0.4) is 0 Å². The minimum absolute atomic E-state index is 1.06. The van der Waals surface area contributed by atoms with Crippen molar-refractivity contribution in [2.24, 2.45) is 0 Å². The lowest BCUT2D eigenvalue weighted by atomic mass is 10.8. The highest BCUT2D eigenvalue weighted by molar-refractivity contribution is 7.80. The third-order valence-corrected chi connectivity index (χ3v) is 0.747. The predicted octanol–water partition coefficient (Wildman–Crippen LogP) is -1.09. The molecule has 0 atom stereocenters. The van der Waals surface area contributed by atoms with E-state index in [0.29, 0.717) is 0 Å². The maximum atomic E-state index is 9.61. The van der Waals surface area contributed by atoms with E-state index < -0.39 is 23.0 Å². The third-order valence-electron chi connectivity index (χ3n) is 0.331. The van der Waals surface area contributed by atoms with Crippen molar-refractivity contribution in [2.75, 3.05) is 6.61 Å². The first-order valence-corrected chi connectivity index (χ1v) is 3.32. The zero-order valence-corrected chi connectivity index (χ0v) is 5.85. The van der Waals surface area contributed by atoms with Crippen molar-refractivity contribution in [1.82, 2.24) is 0 Å². The van der Waals surface area contributed by atoms with Gasteiger partial charge in [-0.3, -0.25) is 15.1 Å². The number of hydrogen-bond acceptors (Lipinski definition) is 6. The lowest BCUT2D eigenvalue weighted by molar-refractivity contribution is -0.176. The summed E-state index contributed by atoms with van der Waals surface area (Å²) in [7, 11) is -4.60. The van der Waals surface area contributed by atoms with Crippen LogP contribution in [0.2, 0.25) is 0 Å². The Labute approximate surface area is 61.5 Å². The van der Waals surface area contributed by atoms with Crippen molar-refractivity contribution >= 4 is 16.4 Å². The Morgan fingerprint density at radius 1 is 1.36 bits per heavy atom. The van der Waals surface area contributed by atoms with Gasteiger partial charge in [-0.1, -0.05) is 0 Å². The topological polar surface area (TPSA) is 141 Å². The van der Waals surface area contributed by atoms with Gasteiger partial charge in [-0.15, -0.1) is 0 Å². The summed E-state index contributed by atoms with van der Waals surface area (Å²) in [6, 6.07) is 0. The van der Waals surface area contributed by atoms with Crippen molar-refractivity contribution in [2.45, 2.75) is 0 Å². The molecule has 4 N–H and O–H groups in total. The third kappa shape index (κ3) is 17.6. The largest absolute Gasteiger partial charge is 0.479 e. The number of rotatable bonds is 3. The summed E-state index contributed by atoms with van der Waals surface area (Å²) >= 11 is 0. The molecule has 0 aliphatic heterocycles. The summed E-state index contributed by atoms with van der Waals surface area (Å²) in [5.74, 6) is -1.47. The number of carbonyl (C=O) groups is 1. The standard InChI is InChI=1S/C2H4O6S.H2O2/c3-2(4)1-8-9(5,6)7;1-2/h1H2,(H,3,4)(H,5,6,7);1-2H. The molecule has 0 amide bonds. The van der Waals surface area contributed by atoms with Crippen molar-refractivity contribution < 1.29 is 37.6 Å². The van der Waals surface area contributed by atoms with Gasteiger partial charge in [-0.05, 0) is 0 Å². The zero-order chi connectivity index (χ0) is 9.49. The molecule has 0 heterocycles. The van der Waals surface area contributed by atoms with E-state index in [2.05, 4.69) is 4.18 Å². The van der Waals surface area contributed by atoms with Crippen molar-refractivity contribution in [1.29, 1.82) is 0 Å². The number of hydrogen-bond donors (Lipinski definition) is 4. The molecule has 11 heavy (non-hydrogen) atoms. The van der Waals surface area contributed by atoms with Crippen molar-refractivity contribution in [3.05, 3.63) is 0 Å². The van der Waals surface area contributed by atoms with Gasteiger partial charge in [0.1, 0.15) is 0 Å². The average molecular weight is 190 g/mol. The smallest absolute Gasteiger partial charge is 0.397 e. The lowest BCUT2D eigenvalue weighted by Gasteiger charge is -1.91. The molecule has 0 saturated heterocycles. The van der Waals surface area contributed by atoms with Crippen LogP contribution in [-0.4, -0.2) is 41.2 Å². The first-order chi connectivity index (χ1) is 4.92. The monoisotopic (exact) mass is 190 g/mol. The fourth-order valence-corrected chi connectivity index (χ4v) is 0.375. The van der Waals surface area contributed by atoms with Gasteiger partial charge in [0.2, 0.25) is 0 Å². The van der Waals surface area contributed by atoms with Crippen molar-refractivity contribution in [3.8, 4) is 0 Å². The molecule has 0 spiro atoms. The first-order valence-electron chi connectivity index (χ1n) is 1.95. The minimum Gasteiger partial charge on any atom is -0.479 e. The van der Waals surface area contributed by atoms with Crippen LogP contribution < -0.4 is 0 Å². The molecule has 0 radical (unpaired) electrons. The first kappa shape index (κ1) is 12.9. The van der Waals surface area contributed by atoms with Crippen LogP contribution in [-0.2, 0) is 19.4 Å². The van der Waals surface area contributed by atoms with E-state index in [1.54, 1.807) is 0 Å². The quantitative estimate of drug-likeness (QED) is 0.250. The van der Waals surface area contributed by atoms with E-state index in [1.807, 2.05) is 0 Å². The molecule has 0 aromatic rings. The molecular formula is C2H6O8S. The maximum absolute atomic E-state index is 9.61. The van der Waals surface area contributed by atoms with Crippen LogP contribution in [0.5, 0.6) is 0 Å². The molecule has 9 heteroatoms. The molecular weight excluding hydrogens is 184 g/mol. The average Bonchev–Trinajstić information content (AvgIpc) is 1.87. The predicted molar refractivity (Wildman–Crippen MR) is 30.4 cm³/mol. The van der Waals surface area contributed by atoms with Gasteiger partial charge in [0.25, 0.3) is 0 Å². The van der Waals surface area contributed by atoms with E-state index in [1.165, 1.54) is 0 Å². The van der Waals surface area contributed by atoms with Crippen LogP contribution in [0.4, 0.5) is 0 Å². The van der Waals surface area contributed by atoms with Crippen LogP contribution in [0.25, 0.3) is 0 Å². The molecule has 0 aliphatic carbocycles. The van der Waals surface area contributed by atoms with E-state index >= 15 is 0 Å². The minimum atomic E-state index is -4.60. The molecule has 0 bridgehead atoms. The van der Waals surface area contributed by atoms with Crippen molar-refractivity contribution in [3.63, 3.8) is 0 Å². The van der Waals surface area contributed by atoms with E-state index in [9.17, 15) is 13.2 Å². The summed E-state index contributed by atoms with van der Waals surface area (Å²) in [6.45, 7) is -1.06. The summed E-state index contributed by atoms with van der Waals surface area (Å²) in [4.78, 5) is 9.55. The van der Waals surface area contributed by atoms with Gasteiger partial charge in [-0.25, -0.2) is 8.98 Å². The summed E-state index contributed by atoms with van der Waals surface area (Å²) in [5.41, 5.74) is 0. The van der Waals surface area contributed by atoms with Crippen LogP contribution >= 0.6 is 0 Å². The summed E-state index contributed by atoms with van der Waals surface area (Å²) in [5, 5.41) is 19.8. The second kappa shape index (κ2) is 6.00. The lowest BCUT2D eigenvalue weighted by Crippen LogP contribution is -2.12. The van der Waals surface area contributed by atoms with E-state index in [0.717, 1.165) is 0 Å². The van der Waals surface area contributed by atoms with Crippen LogP contribution in [0, 0.1) is 0 Å². The van der Waals surface area contributed by atoms with Gasteiger partial charge >= 0.3 is 16.4 Å². The Balaban J connectivity index is 0. The molecule has 0 fully saturated rings. The fraction of sp³-hybridized carbons (Fsp3) is 0.500. The Morgan fingerprint density at radius 2 is 1.73 bits per heavy atom. The molecule has 8 nitrogen and oxygen atoms in total. The molecule has 0 aromatic heterocycles. The second-order valence-electron chi connectivity index (χ2n) is 1.08. The van der Waals surface area contributed by atoms with Gasteiger partial charge < -0.3 is 5.11 Å². The molecule has 0 rings (SSSR count). The van der Waals surface area contributed by atoms with Gasteiger partial charge in [0, 0.05) is 0 Å². The molecule has 0 saturated carbocycles. The Kier molecular flexibility index (Phi) is 7.04. The maximum Gasteiger partial charge on any atom is 0.397 e. The number of carboxylic acid groups (broad SMARTS) is 1. The number of carboxylic acids is 1. The Bertz CT molecular complexity index is 190. The highest BCUT2D eigenvalue weighted by Crippen LogP contribution is 1.83. The highest BCUT2D eigenvalue weighted by Gasteiger charge is 2.06. The van der Waals surface area contributed by atoms with Crippen LogP contribution in [0.1, 0.15) is 0 Å². The molecule has 0 aliphatic rings. The molecule has 0 unspecified atom stereocenters. The Morgan fingerprint density at radius 3 is 1.82 bits per heavy atom. The van der Waals surface area contributed by atoms with Gasteiger partial charge in [0.15, 0.2) is 6.61 Å². The number of aliphatic carboxylic acids is 1.